The highest BCUT2D eigenvalue weighted by Crippen LogP contribution is 2.45. The summed E-state index contributed by atoms with van der Waals surface area (Å²) in [6, 6.07) is 46.0. The number of aromatic nitrogens is 1. The van der Waals surface area contributed by atoms with E-state index in [2.05, 4.69) is 145 Å². The van der Waals surface area contributed by atoms with Gasteiger partial charge in [-0.25, -0.2) is 0 Å². The molecule has 0 spiro atoms. The Bertz CT molecular complexity index is 2180. The van der Waals surface area contributed by atoms with Crippen LogP contribution in [0.1, 0.15) is 22.9 Å². The summed E-state index contributed by atoms with van der Waals surface area (Å²) < 4.78 is 0. The molecule has 1 aliphatic heterocycles. The third-order valence-electron chi connectivity index (χ3n) is 8.59. The van der Waals surface area contributed by atoms with Gasteiger partial charge in [-0.15, -0.1) is 5.70 Å². The van der Waals surface area contributed by atoms with Crippen molar-refractivity contribution in [2.75, 3.05) is 0 Å². The molecule has 204 valence electrons. The zero-order chi connectivity index (χ0) is 28.8. The van der Waals surface area contributed by atoms with Crippen molar-refractivity contribution in [3.63, 3.8) is 0 Å². The summed E-state index contributed by atoms with van der Waals surface area (Å²) in [4.78, 5) is 4.48. The molecular formula is C41H29N2-. The third-order valence-corrected chi connectivity index (χ3v) is 8.59. The van der Waals surface area contributed by atoms with Gasteiger partial charge in [0.15, 0.2) is 0 Å². The van der Waals surface area contributed by atoms with Crippen molar-refractivity contribution in [1.82, 2.24) is 4.98 Å². The van der Waals surface area contributed by atoms with Crippen molar-refractivity contribution in [3.8, 4) is 22.3 Å². The van der Waals surface area contributed by atoms with Crippen LogP contribution in [-0.2, 0) is 0 Å². The Morgan fingerprint density at radius 2 is 1.23 bits per heavy atom. The quantitative estimate of drug-likeness (QED) is 0.201. The minimum absolute atomic E-state index is 0.0612. The number of pyridine rings is 1. The molecule has 2 heterocycles. The van der Waals surface area contributed by atoms with Crippen molar-refractivity contribution < 1.29 is 0 Å². The second-order valence-electron chi connectivity index (χ2n) is 11.2. The van der Waals surface area contributed by atoms with Gasteiger partial charge in [-0.1, -0.05) is 145 Å². The summed E-state index contributed by atoms with van der Waals surface area (Å²) >= 11 is 0. The zero-order valence-electron chi connectivity index (χ0n) is 23.9. The van der Waals surface area contributed by atoms with Crippen LogP contribution in [0.2, 0.25) is 0 Å². The lowest BCUT2D eigenvalue weighted by molar-refractivity contribution is 1.03. The van der Waals surface area contributed by atoms with Crippen LogP contribution in [0.3, 0.4) is 0 Å². The van der Waals surface area contributed by atoms with E-state index in [0.717, 1.165) is 17.0 Å². The molecule has 0 bridgehead atoms. The third kappa shape index (κ3) is 4.40. The summed E-state index contributed by atoms with van der Waals surface area (Å²) in [5.41, 5.74) is 9.19. The fraction of sp³-hybridized carbons (Fsp3) is 0.0488. The first-order valence-electron chi connectivity index (χ1n) is 14.8. The van der Waals surface area contributed by atoms with Gasteiger partial charge in [-0.3, -0.25) is 4.98 Å². The Kier molecular flexibility index (Phi) is 6.12. The van der Waals surface area contributed by atoms with E-state index in [1.165, 1.54) is 60.1 Å². The Hall–Kier alpha value is -5.47. The number of rotatable bonds is 4. The summed E-state index contributed by atoms with van der Waals surface area (Å²) in [6.07, 6.45) is 8.21. The Morgan fingerprint density at radius 1 is 0.581 bits per heavy atom. The number of hydrogen-bond acceptors (Lipinski definition) is 1. The van der Waals surface area contributed by atoms with Gasteiger partial charge in [0.05, 0.1) is 0 Å². The second kappa shape index (κ2) is 10.4. The van der Waals surface area contributed by atoms with Gasteiger partial charge in [-0.05, 0) is 79.2 Å². The van der Waals surface area contributed by atoms with Crippen LogP contribution < -0.4 is 0 Å². The molecule has 0 radical (unpaired) electrons. The maximum Gasteiger partial charge on any atom is 0.0432 e. The molecule has 0 aliphatic carbocycles. The summed E-state index contributed by atoms with van der Waals surface area (Å²) in [6.45, 7) is 2.04. The first kappa shape index (κ1) is 25.3. The van der Waals surface area contributed by atoms with E-state index in [-0.39, 0.29) is 6.04 Å². The molecule has 0 fully saturated rings. The molecule has 6 aromatic carbocycles. The zero-order valence-corrected chi connectivity index (χ0v) is 23.9. The predicted octanol–water partition coefficient (Wildman–Crippen LogP) is 11.2. The fourth-order valence-corrected chi connectivity index (χ4v) is 6.56. The first-order chi connectivity index (χ1) is 21.2. The van der Waals surface area contributed by atoms with Crippen LogP contribution in [-0.4, -0.2) is 4.98 Å². The van der Waals surface area contributed by atoms with Crippen molar-refractivity contribution in [2.24, 2.45) is 0 Å². The van der Waals surface area contributed by atoms with Crippen LogP contribution in [0.5, 0.6) is 0 Å². The lowest BCUT2D eigenvalue weighted by atomic mass is 9.85. The van der Waals surface area contributed by atoms with E-state index in [4.69, 9.17) is 5.32 Å². The van der Waals surface area contributed by atoms with E-state index < -0.39 is 0 Å². The van der Waals surface area contributed by atoms with Crippen molar-refractivity contribution in [1.29, 1.82) is 0 Å². The highest BCUT2D eigenvalue weighted by Gasteiger charge is 2.17. The molecule has 1 aliphatic rings. The lowest BCUT2D eigenvalue weighted by Gasteiger charge is -2.37. The highest BCUT2D eigenvalue weighted by molar-refractivity contribution is 6.21. The number of nitrogens with zero attached hydrogens (tertiary/aromatic N) is 2. The Balaban J connectivity index is 1.29. The topological polar surface area (TPSA) is 27.0 Å². The van der Waals surface area contributed by atoms with Gasteiger partial charge in [-0.2, -0.15) is 0 Å². The van der Waals surface area contributed by atoms with Gasteiger partial charge in [0.2, 0.25) is 0 Å². The fourth-order valence-electron chi connectivity index (χ4n) is 6.56. The predicted molar refractivity (Wildman–Crippen MR) is 182 cm³/mol. The van der Waals surface area contributed by atoms with Crippen LogP contribution >= 0.6 is 0 Å². The molecule has 8 rings (SSSR count). The Morgan fingerprint density at radius 3 is 1.93 bits per heavy atom. The maximum atomic E-state index is 5.16. The minimum Gasteiger partial charge on any atom is -0.674 e. The first-order valence-corrected chi connectivity index (χ1v) is 14.8. The number of allylic oxidation sites excluding steroid dienone is 2. The smallest absolute Gasteiger partial charge is 0.0432 e. The van der Waals surface area contributed by atoms with E-state index in [0.29, 0.717) is 0 Å². The second-order valence-corrected chi connectivity index (χ2v) is 11.2. The molecule has 1 atom stereocenters. The average Bonchev–Trinajstić information content (AvgIpc) is 3.07. The van der Waals surface area contributed by atoms with Gasteiger partial charge >= 0.3 is 0 Å². The van der Waals surface area contributed by atoms with Crippen molar-refractivity contribution in [2.45, 2.75) is 13.0 Å². The molecule has 1 aromatic heterocycles. The average molecular weight is 550 g/mol. The number of hydrogen-bond donors (Lipinski definition) is 0. The van der Waals surface area contributed by atoms with E-state index in [9.17, 15) is 0 Å². The molecule has 1 unspecified atom stereocenters. The molecule has 2 nitrogen and oxygen atoms in total. The normalized spacial score (nSPS) is 14.6. The number of benzene rings is 6. The maximum absolute atomic E-state index is 5.16. The molecule has 0 N–H and O–H groups in total. The minimum atomic E-state index is -0.0612. The van der Waals surface area contributed by atoms with E-state index >= 15 is 0 Å². The van der Waals surface area contributed by atoms with Crippen molar-refractivity contribution >= 4 is 38.0 Å². The van der Waals surface area contributed by atoms with E-state index in [1.807, 2.05) is 19.2 Å². The molecule has 0 saturated carbocycles. The van der Waals surface area contributed by atoms with E-state index in [1.54, 1.807) is 0 Å². The lowest BCUT2D eigenvalue weighted by Crippen LogP contribution is -2.01. The SMILES string of the molecule is Cc1ncccc1C1=CC=CC(c2cccc(-c3c4ccccc4c(-c4ccc5ccccc5c4)c4ccccc34)c2)[N-]1. The molecule has 2 heteroatoms. The highest BCUT2D eigenvalue weighted by atomic mass is 14.9. The van der Waals surface area contributed by atoms with Gasteiger partial charge in [0.25, 0.3) is 0 Å². The molecule has 7 aromatic rings. The van der Waals surface area contributed by atoms with Crippen LogP contribution in [0.15, 0.2) is 152 Å². The molecule has 43 heavy (non-hydrogen) atoms. The van der Waals surface area contributed by atoms with Crippen LogP contribution in [0.4, 0.5) is 0 Å². The summed E-state index contributed by atoms with van der Waals surface area (Å²) in [5.74, 6) is 0. The molecular weight excluding hydrogens is 520 g/mol. The standard InChI is InChI=1S/C41H29N2/c1-27-33(19-10-24-42-27)39-21-9-20-38(43-39)30-13-8-14-31(26-30)40-34-15-4-6-17-36(34)41(37-18-7-5-16-35(37)40)32-23-22-28-11-2-3-12-29(28)25-32/h2-26,38H,1H3/q-1. The molecule has 0 amide bonds. The van der Waals surface area contributed by atoms with Crippen LogP contribution in [0.25, 0.3) is 65.6 Å². The number of fused-ring (bicyclic) bond motifs is 3. The number of aryl methyl sites for hydroxylation is 1. The van der Waals surface area contributed by atoms with Crippen LogP contribution in [0, 0.1) is 6.92 Å². The van der Waals surface area contributed by atoms with Gasteiger partial charge in [0.1, 0.15) is 0 Å². The Labute approximate surface area is 251 Å². The summed E-state index contributed by atoms with van der Waals surface area (Å²) in [5, 5.41) is 12.7. The van der Waals surface area contributed by atoms with Gasteiger partial charge in [0, 0.05) is 11.9 Å². The van der Waals surface area contributed by atoms with Gasteiger partial charge < -0.3 is 5.32 Å². The monoisotopic (exact) mass is 549 g/mol. The largest absolute Gasteiger partial charge is 0.674 e. The molecule has 0 saturated heterocycles. The summed E-state index contributed by atoms with van der Waals surface area (Å²) in [7, 11) is 0. The van der Waals surface area contributed by atoms with Crippen molar-refractivity contribution in [3.05, 3.63) is 174 Å².